The Bertz CT molecular complexity index is 2330. The molecule has 0 aliphatic heterocycles. The van der Waals surface area contributed by atoms with Crippen molar-refractivity contribution in [2.45, 2.75) is 107 Å². The second kappa shape index (κ2) is 14.0. The van der Waals surface area contributed by atoms with E-state index < -0.39 is 21.3 Å². The molecule has 0 saturated carbocycles. The first-order valence-corrected chi connectivity index (χ1v) is 23.2. The minimum atomic E-state index is -2.94. The Labute approximate surface area is 345 Å². The molecule has 278 valence electrons. The summed E-state index contributed by atoms with van der Waals surface area (Å²) in [6, 6.07) is 29.3. The molecule has 1 atom stereocenters. The zero-order valence-corrected chi connectivity index (χ0v) is 38.6. The van der Waals surface area contributed by atoms with E-state index in [4.69, 9.17) is 0 Å². The van der Waals surface area contributed by atoms with Crippen molar-refractivity contribution in [3.63, 3.8) is 0 Å². The van der Waals surface area contributed by atoms with Crippen LogP contribution in [0.15, 0.2) is 103 Å². The molecule has 8 rings (SSSR count). The molecule has 0 saturated heterocycles. The van der Waals surface area contributed by atoms with E-state index in [1.165, 1.54) is 77.9 Å². The number of allylic oxidation sites excluding steroid dienone is 8. The van der Waals surface area contributed by atoms with Gasteiger partial charge in [0.2, 0.25) is 0 Å². The van der Waals surface area contributed by atoms with Gasteiger partial charge in [-0.05, 0) is 0 Å². The van der Waals surface area contributed by atoms with Gasteiger partial charge in [-0.3, -0.25) is 0 Å². The van der Waals surface area contributed by atoms with Gasteiger partial charge in [-0.25, -0.2) is 0 Å². The molecule has 4 aromatic carbocycles. The molecular weight excluding hydrogens is 775 g/mol. The van der Waals surface area contributed by atoms with Crippen molar-refractivity contribution in [2.24, 2.45) is 11.3 Å². The summed E-state index contributed by atoms with van der Waals surface area (Å²) in [7, 11) is 0. The Kier molecular flexibility index (Phi) is 10.6. The second-order valence-corrected chi connectivity index (χ2v) is 24.2. The van der Waals surface area contributed by atoms with E-state index in [2.05, 4.69) is 175 Å². The largest absolute Gasteiger partial charge is 1.00 e. The first-order chi connectivity index (χ1) is 24.4. The van der Waals surface area contributed by atoms with E-state index in [-0.39, 0.29) is 41.1 Å². The minimum Gasteiger partial charge on any atom is -1.00 e. The summed E-state index contributed by atoms with van der Waals surface area (Å²) in [4.78, 5) is 0. The Morgan fingerprint density at radius 3 is 1.65 bits per heavy atom. The van der Waals surface area contributed by atoms with Crippen molar-refractivity contribution < 1.29 is 46.1 Å². The predicted molar refractivity (Wildman–Crippen MR) is 222 cm³/mol. The molecule has 0 radical (unpaired) electrons. The van der Waals surface area contributed by atoms with E-state index in [1.54, 1.807) is 20.9 Å². The third-order valence-corrected chi connectivity index (χ3v) is 22.6. The molecule has 0 fully saturated rings. The predicted octanol–water partition coefficient (Wildman–Crippen LogP) is 7.38. The summed E-state index contributed by atoms with van der Waals surface area (Å²) in [5.41, 5.74) is 23.5. The van der Waals surface area contributed by atoms with E-state index in [1.807, 2.05) is 0 Å². The number of rotatable bonds is 4. The summed E-state index contributed by atoms with van der Waals surface area (Å²) in [5.74, 6) is 0.425. The summed E-state index contributed by atoms with van der Waals surface area (Å²) in [5, 5.41) is 0. The fraction of sp³-hybridized carbons (Fsp3) is 0.353. The first kappa shape index (κ1) is 40.8. The van der Waals surface area contributed by atoms with Gasteiger partial charge < -0.3 is 24.8 Å². The Morgan fingerprint density at radius 1 is 0.648 bits per heavy atom. The van der Waals surface area contributed by atoms with Crippen molar-refractivity contribution in [3.05, 3.63) is 158 Å². The van der Waals surface area contributed by atoms with Crippen LogP contribution in [0.4, 0.5) is 0 Å². The Morgan fingerprint density at radius 2 is 1.15 bits per heavy atom. The maximum Gasteiger partial charge on any atom is -1.00 e. The zero-order valence-electron chi connectivity index (χ0n) is 34.6. The molecule has 1 unspecified atom stereocenters. The summed E-state index contributed by atoms with van der Waals surface area (Å²) >= 11 is -2.94. The molecule has 0 amide bonds. The monoisotopic (exact) mass is 828 g/mol. The quantitative estimate of drug-likeness (QED) is 0.178. The van der Waals surface area contributed by atoms with Gasteiger partial charge in [0, 0.05) is 0 Å². The van der Waals surface area contributed by atoms with Crippen LogP contribution < -0.4 is 24.8 Å². The van der Waals surface area contributed by atoms with E-state index in [0.29, 0.717) is 5.92 Å². The molecule has 3 heteroatoms. The third kappa shape index (κ3) is 6.34. The van der Waals surface area contributed by atoms with E-state index in [9.17, 15) is 0 Å². The fourth-order valence-corrected chi connectivity index (χ4v) is 20.2. The van der Waals surface area contributed by atoms with Crippen LogP contribution in [0.3, 0.4) is 0 Å². The average molecular weight is 831 g/mol. The van der Waals surface area contributed by atoms with Gasteiger partial charge in [0.05, 0.1) is 0 Å². The van der Waals surface area contributed by atoms with Gasteiger partial charge in [0.15, 0.2) is 0 Å². The molecule has 54 heavy (non-hydrogen) atoms. The number of aryl methyl sites for hydroxylation is 2. The van der Waals surface area contributed by atoms with Gasteiger partial charge in [-0.15, -0.1) is 0 Å². The number of fused-ring (bicyclic) bond motifs is 5. The Hall–Kier alpha value is -2.83. The van der Waals surface area contributed by atoms with Gasteiger partial charge in [-0.1, -0.05) is 0 Å². The van der Waals surface area contributed by atoms with Crippen LogP contribution >= 0.6 is 0 Å². The molecule has 0 nitrogen and oxygen atoms in total. The minimum absolute atomic E-state index is 0. The maximum absolute atomic E-state index is 2.94. The molecular formula is C51H56Cl2Zr. The third-order valence-electron chi connectivity index (χ3n) is 12.9. The van der Waals surface area contributed by atoms with E-state index in [0.717, 1.165) is 6.42 Å². The van der Waals surface area contributed by atoms with E-state index >= 15 is 0 Å². The van der Waals surface area contributed by atoms with Crippen molar-refractivity contribution in [1.29, 1.82) is 0 Å². The van der Waals surface area contributed by atoms with Crippen molar-refractivity contribution >= 4 is 14.4 Å². The van der Waals surface area contributed by atoms with Gasteiger partial charge >= 0.3 is 324 Å². The van der Waals surface area contributed by atoms with Gasteiger partial charge in [0.25, 0.3) is 0 Å². The molecule has 0 spiro atoms. The van der Waals surface area contributed by atoms with Crippen molar-refractivity contribution in [3.8, 4) is 11.1 Å². The van der Waals surface area contributed by atoms with Crippen molar-refractivity contribution in [1.82, 2.24) is 0 Å². The van der Waals surface area contributed by atoms with Crippen LogP contribution in [0.25, 0.3) is 22.3 Å². The normalized spacial score (nSPS) is 18.5. The number of halogens is 2. The molecule has 4 aliphatic rings. The molecule has 4 aromatic rings. The Balaban J connectivity index is 0.00000249. The number of hydrogen-bond donors (Lipinski definition) is 0. The maximum atomic E-state index is 2.64. The standard InChI is InChI=1S/C25H25.C15H14.C11H17.2ClH.Zr/c1-14-12-24(3,4)22-8-16-7-17-9-23-19(15(2)13-25(23,5)6)11-21(17)20(16)10-18(14)22;1-12-3-7-14(8-4-12)11-15-9-5-13(2)6-10-15;1-8-6-9(2)10(7-8)11(3,4)5;;;/h8-12H,7H2,1-6H3;3-10H,1-2H3;7-8H,1-5H3;2*1H;/q;;;;;+2/p-2. The SMILES string of the molecule is CC1=CC(C)(C)c2cc3c(cc21)-c1cc2c(cc1C3)C(C)(C)[C]([Zr+2]([C]1=C(C)C(C(C)(C)C)=CC1C)=[C](c1ccc(C)cc1)c1ccc(C)cc1)=C2C.[Cl-].[Cl-]. The summed E-state index contributed by atoms with van der Waals surface area (Å²) in [6.45, 7) is 31.2. The van der Waals surface area contributed by atoms with Crippen LogP contribution in [0.1, 0.15) is 132 Å². The topological polar surface area (TPSA) is 0 Å². The van der Waals surface area contributed by atoms with Crippen LogP contribution in [-0.4, -0.2) is 3.21 Å². The van der Waals surface area contributed by atoms with Crippen LogP contribution in [0, 0.1) is 25.2 Å². The molecule has 0 aromatic heterocycles. The van der Waals surface area contributed by atoms with Crippen LogP contribution in [-0.2, 0) is 38.5 Å². The smallest absolute Gasteiger partial charge is 1.00 e. The zero-order chi connectivity index (χ0) is 37.2. The second-order valence-electron chi connectivity index (χ2n) is 18.6. The number of benzene rings is 4. The summed E-state index contributed by atoms with van der Waals surface area (Å²) < 4.78 is 5.14. The van der Waals surface area contributed by atoms with Gasteiger partial charge in [-0.2, -0.15) is 0 Å². The molecule has 4 aliphatic carbocycles. The average Bonchev–Trinajstić information content (AvgIpc) is 3.71. The van der Waals surface area contributed by atoms with Crippen LogP contribution in [0.2, 0.25) is 0 Å². The molecule has 0 heterocycles. The van der Waals surface area contributed by atoms with Gasteiger partial charge in [0.1, 0.15) is 0 Å². The molecule has 0 bridgehead atoms. The van der Waals surface area contributed by atoms with Crippen LogP contribution in [0.5, 0.6) is 0 Å². The summed E-state index contributed by atoms with van der Waals surface area (Å²) in [6.07, 6.45) is 6.11. The first-order valence-electron chi connectivity index (χ1n) is 19.5. The van der Waals surface area contributed by atoms with Crippen molar-refractivity contribution in [2.75, 3.05) is 0 Å². The number of hydrogen-bond acceptors (Lipinski definition) is 0. The fourth-order valence-electron chi connectivity index (χ4n) is 10.4. The molecule has 0 N–H and O–H groups in total.